The fraction of sp³-hybridized carbons (Fsp3) is 0.857. The molecule has 0 aromatic heterocycles. The maximum Gasteiger partial charge on any atom is 0.219 e. The zero-order valence-corrected chi connectivity index (χ0v) is 7.16. The molecule has 0 saturated carbocycles. The van der Waals surface area contributed by atoms with E-state index in [-0.39, 0.29) is 26.2 Å². The summed E-state index contributed by atoms with van der Waals surface area (Å²) in [6, 6.07) is 0. The van der Waals surface area contributed by atoms with Gasteiger partial charge in [0.15, 0.2) is 0 Å². The first kappa shape index (κ1) is 11.4. The number of nitrogens with two attached hydrogens (primary N) is 1. The van der Waals surface area contributed by atoms with Gasteiger partial charge in [0.25, 0.3) is 0 Å². The van der Waals surface area contributed by atoms with Gasteiger partial charge in [-0.3, -0.25) is 4.79 Å². The molecule has 72 valence electrons. The van der Waals surface area contributed by atoms with Crippen molar-refractivity contribution in [1.82, 2.24) is 0 Å². The maximum atomic E-state index is 10.2. The molecule has 0 saturated heterocycles. The van der Waals surface area contributed by atoms with Crippen LogP contribution in [0.15, 0.2) is 0 Å². The Kier molecular flexibility index (Phi) is 6.64. The van der Waals surface area contributed by atoms with E-state index < -0.39 is 12.0 Å². The molecule has 0 spiro atoms. The highest BCUT2D eigenvalue weighted by atomic mass is 16.5. The number of amides is 1. The number of rotatable bonds is 7. The van der Waals surface area contributed by atoms with E-state index in [4.69, 9.17) is 15.6 Å². The smallest absolute Gasteiger partial charge is 0.219 e. The normalized spacial score (nSPS) is 12.8. The first-order valence-electron chi connectivity index (χ1n) is 3.70. The summed E-state index contributed by atoms with van der Waals surface area (Å²) in [6.45, 7) is 0.647. The van der Waals surface area contributed by atoms with Gasteiger partial charge < -0.3 is 20.3 Å². The lowest BCUT2D eigenvalue weighted by Crippen LogP contribution is -2.22. The molecule has 0 aromatic carbocycles. The molecule has 5 heteroatoms. The van der Waals surface area contributed by atoms with Crippen LogP contribution >= 0.6 is 0 Å². The van der Waals surface area contributed by atoms with E-state index in [9.17, 15) is 4.79 Å². The van der Waals surface area contributed by atoms with Crippen molar-refractivity contribution in [3.8, 4) is 0 Å². The quantitative estimate of drug-likeness (QED) is 0.483. The van der Waals surface area contributed by atoms with Gasteiger partial charge in [0.1, 0.15) is 6.10 Å². The fourth-order valence-electron chi connectivity index (χ4n) is 0.633. The van der Waals surface area contributed by atoms with Crippen molar-refractivity contribution in [2.24, 2.45) is 5.73 Å². The number of hydrogen-bond acceptors (Lipinski definition) is 4. The molecule has 0 aliphatic carbocycles. The van der Waals surface area contributed by atoms with Crippen LogP contribution in [0.3, 0.4) is 0 Å². The van der Waals surface area contributed by atoms with Crippen LogP contribution in [0.4, 0.5) is 0 Å². The molecule has 0 heterocycles. The van der Waals surface area contributed by atoms with Crippen LogP contribution in [0.5, 0.6) is 0 Å². The minimum absolute atomic E-state index is 0.168. The highest BCUT2D eigenvalue weighted by molar-refractivity contribution is 5.73. The molecule has 1 unspecified atom stereocenters. The van der Waals surface area contributed by atoms with E-state index >= 15 is 0 Å². The van der Waals surface area contributed by atoms with E-state index in [0.717, 1.165) is 0 Å². The molecule has 5 nitrogen and oxygen atoms in total. The van der Waals surface area contributed by atoms with Gasteiger partial charge in [-0.25, -0.2) is 0 Å². The minimum Gasteiger partial charge on any atom is -0.388 e. The van der Waals surface area contributed by atoms with Gasteiger partial charge >= 0.3 is 0 Å². The Labute approximate surface area is 71.5 Å². The summed E-state index contributed by atoms with van der Waals surface area (Å²) in [5.74, 6) is -0.406. The second-order valence-corrected chi connectivity index (χ2v) is 2.40. The van der Waals surface area contributed by atoms with Crippen LogP contribution in [0.1, 0.15) is 6.42 Å². The van der Waals surface area contributed by atoms with Crippen molar-refractivity contribution in [3.05, 3.63) is 0 Å². The average Bonchev–Trinajstić information content (AvgIpc) is 1.98. The van der Waals surface area contributed by atoms with Gasteiger partial charge in [0.2, 0.25) is 5.91 Å². The molecule has 0 rings (SSSR count). The summed E-state index contributed by atoms with van der Waals surface area (Å²) < 4.78 is 9.59. The third-order valence-electron chi connectivity index (χ3n) is 1.16. The molecule has 1 amide bonds. The number of hydrogen-bond donors (Lipinski definition) is 2. The largest absolute Gasteiger partial charge is 0.388 e. The summed E-state index contributed by atoms with van der Waals surface area (Å²) >= 11 is 0. The lowest BCUT2D eigenvalue weighted by Gasteiger charge is -2.08. The second-order valence-electron chi connectivity index (χ2n) is 2.40. The van der Waals surface area contributed by atoms with Crippen LogP contribution in [-0.4, -0.2) is 44.0 Å². The number of aliphatic hydroxyl groups is 1. The number of carbonyl (C=O) groups is 1. The zero-order chi connectivity index (χ0) is 9.40. The van der Waals surface area contributed by atoms with Crippen molar-refractivity contribution in [3.63, 3.8) is 0 Å². The molecule has 0 aliphatic rings. The predicted molar refractivity (Wildman–Crippen MR) is 42.5 cm³/mol. The van der Waals surface area contributed by atoms with Gasteiger partial charge in [0, 0.05) is 13.5 Å². The Hall–Kier alpha value is -0.650. The summed E-state index contributed by atoms with van der Waals surface area (Å²) in [5.41, 5.74) is 4.86. The van der Waals surface area contributed by atoms with E-state index in [2.05, 4.69) is 4.74 Å². The third-order valence-corrected chi connectivity index (χ3v) is 1.16. The van der Waals surface area contributed by atoms with E-state index in [1.54, 1.807) is 0 Å². The van der Waals surface area contributed by atoms with Gasteiger partial charge in [-0.15, -0.1) is 0 Å². The molecule has 0 aliphatic heterocycles. The van der Waals surface area contributed by atoms with Crippen LogP contribution < -0.4 is 5.73 Å². The second kappa shape index (κ2) is 7.02. The highest BCUT2D eigenvalue weighted by Gasteiger charge is 2.02. The van der Waals surface area contributed by atoms with E-state index in [1.165, 1.54) is 7.11 Å². The van der Waals surface area contributed by atoms with Crippen molar-refractivity contribution in [2.45, 2.75) is 12.5 Å². The molecule has 0 fully saturated rings. The molecule has 12 heavy (non-hydrogen) atoms. The fourth-order valence-corrected chi connectivity index (χ4v) is 0.633. The summed E-state index contributed by atoms with van der Waals surface area (Å²) in [7, 11) is 1.49. The molecule has 3 N–H and O–H groups in total. The minimum atomic E-state index is -0.636. The van der Waals surface area contributed by atoms with Gasteiger partial charge in [-0.1, -0.05) is 0 Å². The number of ether oxygens (including phenoxy) is 2. The van der Waals surface area contributed by atoms with E-state index in [0.29, 0.717) is 0 Å². The van der Waals surface area contributed by atoms with Crippen LogP contribution in [0, 0.1) is 0 Å². The standard InChI is InChI=1S/C7H15NO4/c1-11-4-6(9)5-12-3-2-7(8)10/h6,9H,2-5H2,1H3,(H2,8,10). The van der Waals surface area contributed by atoms with Crippen LogP contribution in [0.25, 0.3) is 0 Å². The average molecular weight is 177 g/mol. The number of carbonyl (C=O) groups excluding carboxylic acids is 1. The Morgan fingerprint density at radius 2 is 2.25 bits per heavy atom. The van der Waals surface area contributed by atoms with Gasteiger partial charge in [-0.2, -0.15) is 0 Å². The summed E-state index contributed by atoms with van der Waals surface area (Å²) in [6.07, 6.45) is -0.456. The van der Waals surface area contributed by atoms with Crippen molar-refractivity contribution >= 4 is 5.91 Å². The Morgan fingerprint density at radius 3 is 2.75 bits per heavy atom. The van der Waals surface area contributed by atoms with Crippen LogP contribution in [-0.2, 0) is 14.3 Å². The van der Waals surface area contributed by atoms with Crippen molar-refractivity contribution in [2.75, 3.05) is 26.9 Å². The highest BCUT2D eigenvalue weighted by Crippen LogP contribution is 1.87. The predicted octanol–water partition coefficient (Wildman–Crippen LogP) is -1.11. The lowest BCUT2D eigenvalue weighted by molar-refractivity contribution is -0.119. The molecular formula is C7H15NO4. The molecule has 0 aromatic rings. The molecule has 0 radical (unpaired) electrons. The molecular weight excluding hydrogens is 162 g/mol. The summed E-state index contributed by atoms with van der Waals surface area (Å²) in [4.78, 5) is 10.2. The van der Waals surface area contributed by atoms with Crippen LogP contribution in [0.2, 0.25) is 0 Å². The molecule has 1 atom stereocenters. The monoisotopic (exact) mass is 177 g/mol. The third kappa shape index (κ3) is 7.46. The molecule has 0 bridgehead atoms. The Balaban J connectivity index is 3.13. The first-order chi connectivity index (χ1) is 5.66. The Bertz CT molecular complexity index is 129. The maximum absolute atomic E-state index is 10.2. The Morgan fingerprint density at radius 1 is 1.58 bits per heavy atom. The zero-order valence-electron chi connectivity index (χ0n) is 7.16. The number of primary amides is 1. The topological polar surface area (TPSA) is 81.8 Å². The number of aliphatic hydroxyl groups excluding tert-OH is 1. The lowest BCUT2D eigenvalue weighted by atomic mass is 10.4. The van der Waals surface area contributed by atoms with Crippen molar-refractivity contribution in [1.29, 1.82) is 0 Å². The summed E-state index contributed by atoms with van der Waals surface area (Å²) in [5, 5.41) is 9.05. The van der Waals surface area contributed by atoms with E-state index in [1.807, 2.05) is 0 Å². The van der Waals surface area contributed by atoms with Gasteiger partial charge in [0.05, 0.1) is 19.8 Å². The first-order valence-corrected chi connectivity index (χ1v) is 3.70. The SMILES string of the molecule is COCC(O)COCCC(N)=O. The van der Waals surface area contributed by atoms with Crippen molar-refractivity contribution < 1.29 is 19.4 Å². The van der Waals surface area contributed by atoms with Gasteiger partial charge in [-0.05, 0) is 0 Å². The number of methoxy groups -OCH3 is 1.